The summed E-state index contributed by atoms with van der Waals surface area (Å²) in [5.74, 6) is 1.64. The minimum Gasteiger partial charge on any atom is -0.486 e. The molecule has 0 saturated carbocycles. The van der Waals surface area contributed by atoms with E-state index in [1.807, 2.05) is 19.1 Å². The van der Waals surface area contributed by atoms with E-state index in [0.717, 1.165) is 30.2 Å². The molecule has 0 fully saturated rings. The highest BCUT2D eigenvalue weighted by molar-refractivity contribution is 7.99. The van der Waals surface area contributed by atoms with Crippen molar-refractivity contribution in [2.75, 3.05) is 24.3 Å². The van der Waals surface area contributed by atoms with Crippen LogP contribution in [0.15, 0.2) is 23.4 Å². The SMILES string of the molecule is CCCCn1c(SCC(=O)Nc2ccc3c(c2)OCCO3)nc(C)c1C. The molecule has 1 aliphatic heterocycles. The van der Waals surface area contributed by atoms with Gasteiger partial charge in [0.2, 0.25) is 5.91 Å². The molecule has 1 aromatic heterocycles. The molecule has 26 heavy (non-hydrogen) atoms. The summed E-state index contributed by atoms with van der Waals surface area (Å²) in [6.45, 7) is 8.29. The zero-order chi connectivity index (χ0) is 18.5. The van der Waals surface area contributed by atoms with Gasteiger partial charge in [-0.1, -0.05) is 25.1 Å². The topological polar surface area (TPSA) is 65.4 Å². The highest BCUT2D eigenvalue weighted by atomic mass is 32.2. The van der Waals surface area contributed by atoms with Crippen LogP contribution in [0.3, 0.4) is 0 Å². The van der Waals surface area contributed by atoms with Gasteiger partial charge in [-0.05, 0) is 32.4 Å². The number of nitrogens with one attached hydrogen (secondary N) is 1. The van der Waals surface area contributed by atoms with Gasteiger partial charge in [0.1, 0.15) is 13.2 Å². The third-order valence-electron chi connectivity index (χ3n) is 4.32. The summed E-state index contributed by atoms with van der Waals surface area (Å²) < 4.78 is 13.3. The second-order valence-corrected chi connectivity index (χ2v) is 7.21. The molecule has 0 unspecified atom stereocenters. The molecule has 0 radical (unpaired) electrons. The Balaban J connectivity index is 1.60. The summed E-state index contributed by atoms with van der Waals surface area (Å²) >= 11 is 1.47. The number of hydrogen-bond acceptors (Lipinski definition) is 5. The van der Waals surface area contributed by atoms with Gasteiger partial charge in [-0.15, -0.1) is 0 Å². The lowest BCUT2D eigenvalue weighted by molar-refractivity contribution is -0.113. The zero-order valence-corrected chi connectivity index (χ0v) is 16.3. The molecule has 1 aromatic carbocycles. The first-order valence-corrected chi connectivity index (χ1v) is 9.93. The average molecular weight is 375 g/mol. The van der Waals surface area contributed by atoms with Gasteiger partial charge in [-0.25, -0.2) is 4.98 Å². The van der Waals surface area contributed by atoms with Crippen molar-refractivity contribution < 1.29 is 14.3 Å². The molecule has 3 rings (SSSR count). The van der Waals surface area contributed by atoms with Crippen molar-refractivity contribution in [3.63, 3.8) is 0 Å². The van der Waals surface area contributed by atoms with Crippen LogP contribution >= 0.6 is 11.8 Å². The molecular weight excluding hydrogens is 350 g/mol. The largest absolute Gasteiger partial charge is 0.486 e. The Hall–Kier alpha value is -2.15. The molecule has 0 aliphatic carbocycles. The van der Waals surface area contributed by atoms with Crippen LogP contribution in [0.2, 0.25) is 0 Å². The maximum absolute atomic E-state index is 12.3. The normalized spacial score (nSPS) is 12.9. The van der Waals surface area contributed by atoms with Crippen molar-refractivity contribution >= 4 is 23.4 Å². The van der Waals surface area contributed by atoms with Gasteiger partial charge in [0.25, 0.3) is 0 Å². The second-order valence-electron chi connectivity index (χ2n) is 6.27. The average Bonchev–Trinajstić information content (AvgIpc) is 2.92. The predicted molar refractivity (Wildman–Crippen MR) is 103 cm³/mol. The van der Waals surface area contributed by atoms with Crippen molar-refractivity contribution in [3.05, 3.63) is 29.6 Å². The van der Waals surface area contributed by atoms with Gasteiger partial charge in [0.05, 0.1) is 11.4 Å². The van der Waals surface area contributed by atoms with Gasteiger partial charge in [-0.3, -0.25) is 4.79 Å². The number of nitrogens with zero attached hydrogens (tertiary/aromatic N) is 2. The Labute approximate surface area is 158 Å². The first kappa shape index (κ1) is 18.6. The standard InChI is InChI=1S/C19H25N3O3S/c1-4-5-8-22-14(3)13(2)20-19(22)26-12-18(23)21-15-6-7-16-17(11-15)25-10-9-24-16/h6-7,11H,4-5,8-10,12H2,1-3H3,(H,21,23). The number of hydrogen-bond donors (Lipinski definition) is 1. The van der Waals surface area contributed by atoms with E-state index in [-0.39, 0.29) is 5.91 Å². The van der Waals surface area contributed by atoms with Crippen molar-refractivity contribution in [1.29, 1.82) is 0 Å². The van der Waals surface area contributed by atoms with E-state index in [4.69, 9.17) is 9.47 Å². The lowest BCUT2D eigenvalue weighted by Gasteiger charge is -2.19. The maximum Gasteiger partial charge on any atom is 0.234 e. The maximum atomic E-state index is 12.3. The number of aryl methyl sites for hydroxylation is 1. The predicted octanol–water partition coefficient (Wildman–Crippen LogP) is 3.80. The number of benzene rings is 1. The summed E-state index contributed by atoms with van der Waals surface area (Å²) in [5, 5.41) is 3.82. The number of aromatic nitrogens is 2. The number of anilines is 1. The summed E-state index contributed by atoms with van der Waals surface area (Å²) in [6.07, 6.45) is 2.24. The van der Waals surface area contributed by atoms with E-state index < -0.39 is 0 Å². The number of ether oxygens (including phenoxy) is 2. The molecule has 1 aliphatic rings. The number of thioether (sulfide) groups is 1. The molecule has 6 nitrogen and oxygen atoms in total. The fraction of sp³-hybridized carbons (Fsp3) is 0.474. The smallest absolute Gasteiger partial charge is 0.234 e. The molecule has 1 N–H and O–H groups in total. The molecule has 7 heteroatoms. The van der Waals surface area contributed by atoms with Gasteiger partial charge in [-0.2, -0.15) is 0 Å². The lowest BCUT2D eigenvalue weighted by Crippen LogP contribution is -2.17. The van der Waals surface area contributed by atoms with Crippen LogP contribution in [0.25, 0.3) is 0 Å². The first-order valence-electron chi connectivity index (χ1n) is 8.94. The molecule has 0 spiro atoms. The monoisotopic (exact) mass is 375 g/mol. The van der Waals surface area contributed by atoms with Gasteiger partial charge >= 0.3 is 0 Å². The minimum absolute atomic E-state index is 0.0629. The van der Waals surface area contributed by atoms with Crippen LogP contribution in [-0.2, 0) is 11.3 Å². The number of rotatable bonds is 7. The number of carbonyl (C=O) groups excluding carboxylic acids is 1. The molecule has 0 atom stereocenters. The van der Waals surface area contributed by atoms with Crippen molar-refractivity contribution in [3.8, 4) is 11.5 Å². The van der Waals surface area contributed by atoms with Gasteiger partial charge in [0.15, 0.2) is 16.7 Å². The van der Waals surface area contributed by atoms with E-state index in [1.54, 1.807) is 6.07 Å². The fourth-order valence-corrected chi connectivity index (χ4v) is 3.68. The number of carbonyl (C=O) groups is 1. The Morgan fingerprint density at radius 1 is 1.27 bits per heavy atom. The van der Waals surface area contributed by atoms with Crippen LogP contribution in [0.4, 0.5) is 5.69 Å². The van der Waals surface area contributed by atoms with E-state index in [0.29, 0.717) is 36.2 Å². The van der Waals surface area contributed by atoms with Crippen molar-refractivity contribution in [2.24, 2.45) is 0 Å². The zero-order valence-electron chi connectivity index (χ0n) is 15.5. The number of amides is 1. The van der Waals surface area contributed by atoms with Gasteiger partial charge < -0.3 is 19.4 Å². The highest BCUT2D eigenvalue weighted by Crippen LogP contribution is 2.32. The molecule has 140 valence electrons. The number of fused-ring (bicyclic) bond motifs is 1. The molecule has 2 heterocycles. The van der Waals surface area contributed by atoms with Crippen LogP contribution in [0.5, 0.6) is 11.5 Å². The summed E-state index contributed by atoms with van der Waals surface area (Å²) in [6, 6.07) is 5.45. The Bertz CT molecular complexity index is 789. The highest BCUT2D eigenvalue weighted by Gasteiger charge is 2.15. The molecular formula is C19H25N3O3S. The van der Waals surface area contributed by atoms with E-state index >= 15 is 0 Å². The lowest BCUT2D eigenvalue weighted by atomic mass is 10.2. The van der Waals surface area contributed by atoms with Crippen LogP contribution < -0.4 is 14.8 Å². The number of unbranched alkanes of at least 4 members (excludes halogenated alkanes) is 1. The molecule has 0 saturated heterocycles. The first-order chi connectivity index (χ1) is 12.6. The molecule has 0 bridgehead atoms. The molecule has 1 amide bonds. The summed E-state index contributed by atoms with van der Waals surface area (Å²) in [5.41, 5.74) is 2.91. The quantitative estimate of drug-likeness (QED) is 0.746. The third-order valence-corrected chi connectivity index (χ3v) is 5.29. The van der Waals surface area contributed by atoms with Crippen LogP contribution in [0.1, 0.15) is 31.2 Å². The van der Waals surface area contributed by atoms with Gasteiger partial charge in [0, 0.05) is 24.0 Å². The Kier molecular flexibility index (Phi) is 6.08. The number of imidazole rings is 1. The Morgan fingerprint density at radius 3 is 2.81 bits per heavy atom. The summed E-state index contributed by atoms with van der Waals surface area (Å²) in [7, 11) is 0. The second kappa shape index (κ2) is 8.49. The third kappa shape index (κ3) is 4.33. The fourth-order valence-electron chi connectivity index (χ4n) is 2.76. The van der Waals surface area contributed by atoms with Crippen molar-refractivity contribution in [1.82, 2.24) is 9.55 Å². The van der Waals surface area contributed by atoms with E-state index in [2.05, 4.69) is 28.7 Å². The van der Waals surface area contributed by atoms with E-state index in [9.17, 15) is 4.79 Å². The molecule has 2 aromatic rings. The Morgan fingerprint density at radius 2 is 2.04 bits per heavy atom. The summed E-state index contributed by atoms with van der Waals surface area (Å²) in [4.78, 5) is 16.9. The van der Waals surface area contributed by atoms with E-state index in [1.165, 1.54) is 17.5 Å². The minimum atomic E-state index is -0.0629. The van der Waals surface area contributed by atoms with Crippen molar-refractivity contribution in [2.45, 2.75) is 45.3 Å². The van der Waals surface area contributed by atoms with Crippen LogP contribution in [0, 0.1) is 13.8 Å². The van der Waals surface area contributed by atoms with Crippen LogP contribution in [-0.4, -0.2) is 34.4 Å².